The van der Waals surface area contributed by atoms with Gasteiger partial charge in [-0.2, -0.15) is 0 Å². The Hall–Kier alpha value is -3.65. The number of benzene rings is 3. The fourth-order valence-electron chi connectivity index (χ4n) is 4.70. The summed E-state index contributed by atoms with van der Waals surface area (Å²) in [6, 6.07) is 22.3. The molecule has 0 radical (unpaired) electrons. The van der Waals surface area contributed by atoms with Crippen molar-refractivity contribution in [2.75, 3.05) is 23.7 Å². The van der Waals surface area contributed by atoms with E-state index in [1.54, 1.807) is 11.0 Å². The van der Waals surface area contributed by atoms with Crippen molar-refractivity contribution in [3.8, 4) is 0 Å². The predicted molar refractivity (Wildman–Crippen MR) is 162 cm³/mol. The molecule has 40 heavy (non-hydrogen) atoms. The van der Waals surface area contributed by atoms with E-state index in [1.807, 2.05) is 94.4 Å². The summed E-state index contributed by atoms with van der Waals surface area (Å²) < 4.78 is 26.7. The minimum absolute atomic E-state index is 0.105. The van der Waals surface area contributed by atoms with E-state index in [2.05, 4.69) is 5.32 Å². The molecule has 0 saturated heterocycles. The Morgan fingerprint density at radius 2 is 1.55 bits per heavy atom. The van der Waals surface area contributed by atoms with E-state index >= 15 is 0 Å². The first kappa shape index (κ1) is 30.9. The predicted octanol–water partition coefficient (Wildman–Crippen LogP) is 4.93. The van der Waals surface area contributed by atoms with Gasteiger partial charge in [0.1, 0.15) is 6.04 Å². The van der Waals surface area contributed by atoms with Crippen LogP contribution in [-0.4, -0.2) is 50.5 Å². The van der Waals surface area contributed by atoms with Crippen molar-refractivity contribution in [2.45, 2.75) is 59.5 Å². The molecule has 1 unspecified atom stereocenters. The first-order valence-corrected chi connectivity index (χ1v) is 15.6. The molecule has 0 saturated carbocycles. The Bertz CT molecular complexity index is 1410. The van der Waals surface area contributed by atoms with Crippen LogP contribution in [-0.2, 0) is 32.6 Å². The van der Waals surface area contributed by atoms with E-state index in [9.17, 15) is 18.0 Å². The van der Waals surface area contributed by atoms with Crippen LogP contribution in [0.5, 0.6) is 0 Å². The normalized spacial score (nSPS) is 12.0. The maximum Gasteiger partial charge on any atom is 0.243 e. The average molecular weight is 564 g/mol. The summed E-state index contributed by atoms with van der Waals surface area (Å²) in [5.74, 6) is -0.398. The van der Waals surface area contributed by atoms with Gasteiger partial charge in [-0.05, 0) is 74.1 Å². The van der Waals surface area contributed by atoms with Gasteiger partial charge in [0.05, 0.1) is 11.9 Å². The smallest absolute Gasteiger partial charge is 0.243 e. The maximum absolute atomic E-state index is 13.8. The van der Waals surface area contributed by atoms with E-state index in [-0.39, 0.29) is 31.3 Å². The van der Waals surface area contributed by atoms with Crippen molar-refractivity contribution in [3.05, 3.63) is 101 Å². The fourth-order valence-corrected chi connectivity index (χ4v) is 5.66. The number of hydrogen-bond acceptors (Lipinski definition) is 4. The summed E-state index contributed by atoms with van der Waals surface area (Å²) in [5, 5.41) is 2.91. The quantitative estimate of drug-likeness (QED) is 0.319. The van der Waals surface area contributed by atoms with E-state index in [0.29, 0.717) is 25.1 Å². The van der Waals surface area contributed by atoms with E-state index in [4.69, 9.17) is 0 Å². The molecule has 0 aliphatic carbocycles. The van der Waals surface area contributed by atoms with Gasteiger partial charge in [0.2, 0.25) is 21.8 Å². The summed E-state index contributed by atoms with van der Waals surface area (Å²) in [6.45, 7) is 8.67. The molecule has 214 valence electrons. The van der Waals surface area contributed by atoms with Crippen LogP contribution in [0.25, 0.3) is 0 Å². The van der Waals surface area contributed by atoms with Gasteiger partial charge in [0, 0.05) is 32.5 Å². The molecular formula is C32H41N3O4S. The Morgan fingerprint density at radius 1 is 0.875 bits per heavy atom. The lowest BCUT2D eigenvalue weighted by Crippen LogP contribution is -2.50. The summed E-state index contributed by atoms with van der Waals surface area (Å²) in [4.78, 5) is 28.8. The minimum atomic E-state index is -3.55. The SMILES string of the molecule is CCNC(=O)C(Cc1ccccc1)N(Cc1ccccc1C)C(=O)CCCN(c1ccc(C)c(C)c1)S(C)(=O)=O. The molecule has 7 nitrogen and oxygen atoms in total. The number of nitrogens with one attached hydrogen (secondary N) is 1. The standard InChI is InChI=1S/C32H41N3O4S/c1-6-33-32(37)30(22-27-14-8-7-9-15-27)34(23-28-16-11-10-13-25(28)3)31(36)17-12-20-35(40(5,38)39)29-19-18-24(2)26(4)21-29/h7-11,13-16,18-19,21,30H,6,12,17,20,22-23H2,1-5H3,(H,33,37). The molecule has 1 atom stereocenters. The van der Waals surface area contributed by atoms with Gasteiger partial charge in [0.25, 0.3) is 0 Å². The van der Waals surface area contributed by atoms with Gasteiger partial charge >= 0.3 is 0 Å². The number of amides is 2. The molecule has 0 aliphatic heterocycles. The first-order chi connectivity index (χ1) is 19.0. The zero-order chi connectivity index (χ0) is 29.3. The monoisotopic (exact) mass is 563 g/mol. The van der Waals surface area contributed by atoms with Crippen molar-refractivity contribution in [3.63, 3.8) is 0 Å². The van der Waals surface area contributed by atoms with E-state index < -0.39 is 16.1 Å². The number of hydrogen-bond donors (Lipinski definition) is 1. The van der Waals surface area contributed by atoms with E-state index in [0.717, 1.165) is 27.8 Å². The van der Waals surface area contributed by atoms with Crippen LogP contribution in [0.1, 0.15) is 47.6 Å². The number of anilines is 1. The molecule has 3 rings (SSSR count). The number of aryl methyl sites for hydroxylation is 3. The molecule has 0 spiro atoms. The van der Waals surface area contributed by atoms with Crippen LogP contribution in [0.3, 0.4) is 0 Å². The number of rotatable bonds is 13. The second-order valence-corrected chi connectivity index (χ2v) is 12.2. The largest absolute Gasteiger partial charge is 0.355 e. The Kier molecular flexibility index (Phi) is 10.9. The molecule has 0 heterocycles. The topological polar surface area (TPSA) is 86.8 Å². The number of likely N-dealkylation sites (N-methyl/N-ethyl adjacent to an activating group) is 1. The lowest BCUT2D eigenvalue weighted by atomic mass is 10.0. The molecule has 1 N–H and O–H groups in total. The lowest BCUT2D eigenvalue weighted by molar-refractivity contribution is -0.141. The second kappa shape index (κ2) is 14.1. The molecule has 8 heteroatoms. The number of carbonyl (C=O) groups excluding carboxylic acids is 2. The van der Waals surface area contributed by atoms with Gasteiger partial charge in [-0.25, -0.2) is 8.42 Å². The Labute approximate surface area is 239 Å². The summed E-state index contributed by atoms with van der Waals surface area (Å²) >= 11 is 0. The fraction of sp³-hybridized carbons (Fsp3) is 0.375. The molecule has 0 fully saturated rings. The van der Waals surface area contributed by atoms with Crippen LogP contribution >= 0.6 is 0 Å². The number of nitrogens with zero attached hydrogens (tertiary/aromatic N) is 2. The summed E-state index contributed by atoms with van der Waals surface area (Å²) in [5.41, 5.74) is 5.61. The van der Waals surface area contributed by atoms with Crippen molar-refractivity contribution in [1.29, 1.82) is 0 Å². The van der Waals surface area contributed by atoms with E-state index in [1.165, 1.54) is 10.6 Å². The van der Waals surface area contributed by atoms with Crippen molar-refractivity contribution >= 4 is 27.5 Å². The molecule has 0 bridgehead atoms. The molecule has 3 aromatic rings. The average Bonchev–Trinajstić information content (AvgIpc) is 2.91. The highest BCUT2D eigenvalue weighted by Crippen LogP contribution is 2.23. The molecular weight excluding hydrogens is 522 g/mol. The third-order valence-corrected chi connectivity index (χ3v) is 8.35. The second-order valence-electron chi connectivity index (χ2n) is 10.3. The van der Waals surface area contributed by atoms with Crippen LogP contribution in [0.4, 0.5) is 5.69 Å². The zero-order valence-electron chi connectivity index (χ0n) is 24.2. The zero-order valence-corrected chi connectivity index (χ0v) is 25.0. The first-order valence-electron chi connectivity index (χ1n) is 13.7. The third kappa shape index (κ3) is 8.42. The lowest BCUT2D eigenvalue weighted by Gasteiger charge is -2.32. The van der Waals surface area contributed by atoms with Crippen LogP contribution in [0, 0.1) is 20.8 Å². The van der Waals surface area contributed by atoms with Crippen molar-refractivity contribution in [1.82, 2.24) is 10.2 Å². The molecule has 0 aliphatic rings. The minimum Gasteiger partial charge on any atom is -0.355 e. The summed E-state index contributed by atoms with van der Waals surface area (Å²) in [7, 11) is -3.55. The highest BCUT2D eigenvalue weighted by Gasteiger charge is 2.30. The van der Waals surface area contributed by atoms with Crippen molar-refractivity contribution in [2.24, 2.45) is 0 Å². The molecule has 0 aromatic heterocycles. The van der Waals surface area contributed by atoms with Gasteiger partial charge in [-0.1, -0.05) is 60.7 Å². The van der Waals surface area contributed by atoms with Gasteiger partial charge in [-0.15, -0.1) is 0 Å². The Balaban J connectivity index is 1.87. The maximum atomic E-state index is 13.8. The van der Waals surface area contributed by atoms with Crippen molar-refractivity contribution < 1.29 is 18.0 Å². The number of carbonyl (C=O) groups is 2. The summed E-state index contributed by atoms with van der Waals surface area (Å²) in [6.07, 6.45) is 1.98. The van der Waals surface area contributed by atoms with Gasteiger partial charge < -0.3 is 10.2 Å². The van der Waals surface area contributed by atoms with Crippen LogP contribution in [0.15, 0.2) is 72.8 Å². The molecule has 2 amide bonds. The third-order valence-electron chi connectivity index (χ3n) is 7.15. The van der Waals surface area contributed by atoms with Gasteiger partial charge in [0.15, 0.2) is 0 Å². The van der Waals surface area contributed by atoms with Gasteiger partial charge in [-0.3, -0.25) is 13.9 Å². The van der Waals surface area contributed by atoms with Crippen LogP contribution < -0.4 is 9.62 Å². The molecule has 3 aromatic carbocycles. The number of sulfonamides is 1. The van der Waals surface area contributed by atoms with Crippen LogP contribution in [0.2, 0.25) is 0 Å². The highest BCUT2D eigenvalue weighted by molar-refractivity contribution is 7.92. The Morgan fingerprint density at radius 3 is 2.17 bits per heavy atom. The highest BCUT2D eigenvalue weighted by atomic mass is 32.2.